The number of halogens is 5. The van der Waals surface area contributed by atoms with Crippen LogP contribution in [0.1, 0.15) is 32.1 Å². The van der Waals surface area contributed by atoms with Crippen LogP contribution in [0, 0.1) is 0 Å². The Hall–Kier alpha value is -3.72. The standard InChI is InChI=1S/C25H17Cl2F3N4O5S2/c1-41(38,39)14-7-4-6-12(9-14)23-33-18(22(37)31-11-13-5-2-3-8-15(13)25(28,29)30)24(40-23)34-21(36)17-10-16(26)19(35)20(27)32-17/h2-10,35H,11H2,1H3,(H,31,37)(H,34,36). The Labute approximate surface area is 244 Å². The predicted octanol–water partition coefficient (Wildman–Crippen LogP) is 5.82. The third-order valence-corrected chi connectivity index (χ3v) is 8.16. The molecule has 0 aliphatic rings. The van der Waals surface area contributed by atoms with Crippen LogP contribution in [0.25, 0.3) is 10.6 Å². The lowest BCUT2D eigenvalue weighted by atomic mass is 10.1. The quantitative estimate of drug-likeness (QED) is 0.215. The second-order valence-corrected chi connectivity index (χ2v) is 12.2. The van der Waals surface area contributed by atoms with Crippen LogP contribution in [0.4, 0.5) is 18.2 Å². The number of amides is 2. The van der Waals surface area contributed by atoms with E-state index in [-0.39, 0.29) is 36.9 Å². The fourth-order valence-corrected chi connectivity index (χ4v) is 5.57. The molecule has 41 heavy (non-hydrogen) atoms. The first-order chi connectivity index (χ1) is 19.1. The normalized spacial score (nSPS) is 11.8. The Kier molecular flexibility index (Phi) is 8.59. The Morgan fingerprint density at radius 2 is 1.73 bits per heavy atom. The summed E-state index contributed by atoms with van der Waals surface area (Å²) < 4.78 is 64.3. The molecule has 214 valence electrons. The van der Waals surface area contributed by atoms with Gasteiger partial charge in [0.25, 0.3) is 11.8 Å². The first kappa shape index (κ1) is 30.2. The third-order valence-electron chi connectivity index (χ3n) is 5.48. The van der Waals surface area contributed by atoms with Gasteiger partial charge in [-0.05, 0) is 29.8 Å². The number of sulfone groups is 1. The van der Waals surface area contributed by atoms with Crippen molar-refractivity contribution in [3.8, 4) is 16.3 Å². The smallest absolute Gasteiger partial charge is 0.416 e. The van der Waals surface area contributed by atoms with E-state index in [1.54, 1.807) is 0 Å². The van der Waals surface area contributed by atoms with Crippen molar-refractivity contribution < 1.29 is 36.3 Å². The third kappa shape index (κ3) is 6.96. The second kappa shape index (κ2) is 11.6. The molecule has 2 aromatic heterocycles. The van der Waals surface area contributed by atoms with E-state index in [0.717, 1.165) is 29.7 Å². The van der Waals surface area contributed by atoms with Crippen LogP contribution >= 0.6 is 34.5 Å². The monoisotopic (exact) mass is 644 g/mol. The number of carbonyl (C=O) groups excluding carboxylic acids is 2. The zero-order valence-electron chi connectivity index (χ0n) is 20.6. The summed E-state index contributed by atoms with van der Waals surface area (Å²) >= 11 is 12.5. The number of aromatic hydroxyl groups is 1. The second-order valence-electron chi connectivity index (χ2n) is 8.42. The van der Waals surface area contributed by atoms with E-state index in [1.165, 1.54) is 42.5 Å². The SMILES string of the molecule is CS(=O)(=O)c1cccc(-c2nc(C(=O)NCc3ccccc3C(F)(F)F)c(NC(=O)c3cc(Cl)c(O)c(Cl)n3)s2)c1. The summed E-state index contributed by atoms with van der Waals surface area (Å²) in [6.45, 7) is -0.511. The summed E-state index contributed by atoms with van der Waals surface area (Å²) in [4.78, 5) is 34.1. The zero-order chi connectivity index (χ0) is 30.1. The number of alkyl halides is 3. The van der Waals surface area contributed by atoms with Crippen LogP contribution in [0.3, 0.4) is 0 Å². The van der Waals surface area contributed by atoms with Crippen LogP contribution in [0.2, 0.25) is 10.2 Å². The van der Waals surface area contributed by atoms with Gasteiger partial charge in [0.1, 0.15) is 15.7 Å². The van der Waals surface area contributed by atoms with Gasteiger partial charge >= 0.3 is 6.18 Å². The van der Waals surface area contributed by atoms with Gasteiger partial charge < -0.3 is 15.7 Å². The van der Waals surface area contributed by atoms with Crippen LogP contribution in [-0.4, -0.2) is 41.6 Å². The summed E-state index contributed by atoms with van der Waals surface area (Å²) in [5, 5.41) is 13.8. The highest BCUT2D eigenvalue weighted by Crippen LogP contribution is 2.35. The van der Waals surface area contributed by atoms with Gasteiger partial charge in [-0.1, -0.05) is 64.9 Å². The number of carbonyl (C=O) groups is 2. The molecule has 0 aliphatic heterocycles. The summed E-state index contributed by atoms with van der Waals surface area (Å²) in [5.41, 5.74) is -1.52. The van der Waals surface area contributed by atoms with Crippen molar-refractivity contribution in [3.05, 3.63) is 87.3 Å². The maximum atomic E-state index is 13.4. The van der Waals surface area contributed by atoms with E-state index in [4.69, 9.17) is 23.2 Å². The van der Waals surface area contributed by atoms with Crippen molar-refractivity contribution in [2.45, 2.75) is 17.6 Å². The van der Waals surface area contributed by atoms with E-state index in [1.807, 2.05) is 0 Å². The highest BCUT2D eigenvalue weighted by molar-refractivity contribution is 7.90. The minimum Gasteiger partial charge on any atom is -0.504 e. The number of anilines is 1. The minimum atomic E-state index is -4.65. The van der Waals surface area contributed by atoms with Gasteiger partial charge in [-0.3, -0.25) is 9.59 Å². The Morgan fingerprint density at radius 1 is 1.02 bits per heavy atom. The van der Waals surface area contributed by atoms with Crippen molar-refractivity contribution in [2.75, 3.05) is 11.6 Å². The van der Waals surface area contributed by atoms with E-state index < -0.39 is 50.8 Å². The first-order valence-electron chi connectivity index (χ1n) is 11.3. The van der Waals surface area contributed by atoms with Crippen LogP contribution < -0.4 is 10.6 Å². The van der Waals surface area contributed by atoms with Gasteiger partial charge in [0, 0.05) is 18.4 Å². The molecule has 0 aliphatic carbocycles. The van der Waals surface area contributed by atoms with Crippen molar-refractivity contribution >= 4 is 61.2 Å². The van der Waals surface area contributed by atoms with Gasteiger partial charge in [-0.15, -0.1) is 0 Å². The summed E-state index contributed by atoms with van der Waals surface area (Å²) in [6.07, 6.45) is -3.64. The average Bonchev–Trinajstić information content (AvgIpc) is 3.33. The Balaban J connectivity index is 1.71. The Morgan fingerprint density at radius 3 is 2.39 bits per heavy atom. The maximum absolute atomic E-state index is 13.4. The predicted molar refractivity (Wildman–Crippen MR) is 147 cm³/mol. The molecule has 16 heteroatoms. The van der Waals surface area contributed by atoms with Gasteiger partial charge in [-0.2, -0.15) is 13.2 Å². The Bertz CT molecular complexity index is 1760. The molecule has 4 rings (SSSR count). The maximum Gasteiger partial charge on any atom is 0.416 e. The number of aromatic nitrogens is 2. The summed E-state index contributed by atoms with van der Waals surface area (Å²) in [5.74, 6) is -2.37. The molecule has 0 spiro atoms. The first-order valence-corrected chi connectivity index (χ1v) is 14.7. The number of pyridine rings is 1. The largest absolute Gasteiger partial charge is 0.504 e. The lowest BCUT2D eigenvalue weighted by molar-refractivity contribution is -0.138. The van der Waals surface area contributed by atoms with Crippen LogP contribution in [-0.2, 0) is 22.6 Å². The highest BCUT2D eigenvalue weighted by atomic mass is 35.5. The highest BCUT2D eigenvalue weighted by Gasteiger charge is 2.33. The number of thiazole rings is 1. The molecule has 2 amide bonds. The molecule has 4 aromatic rings. The van der Waals surface area contributed by atoms with Crippen molar-refractivity contribution in [3.63, 3.8) is 0 Å². The molecular weight excluding hydrogens is 628 g/mol. The molecule has 2 heterocycles. The van der Waals surface area contributed by atoms with Gasteiger partial charge in [0.05, 0.1) is 15.5 Å². The van der Waals surface area contributed by atoms with Gasteiger partial charge in [0.15, 0.2) is 26.4 Å². The zero-order valence-corrected chi connectivity index (χ0v) is 23.7. The molecule has 0 saturated heterocycles. The topological polar surface area (TPSA) is 138 Å². The molecule has 2 aromatic carbocycles. The molecule has 3 N–H and O–H groups in total. The molecule has 0 atom stereocenters. The van der Waals surface area contributed by atoms with E-state index in [2.05, 4.69) is 20.6 Å². The number of hydrogen-bond acceptors (Lipinski definition) is 8. The summed E-state index contributed by atoms with van der Waals surface area (Å²) in [6, 6.07) is 11.4. The molecule has 0 bridgehead atoms. The minimum absolute atomic E-state index is 0.0249. The molecule has 0 saturated carbocycles. The molecule has 0 radical (unpaired) electrons. The number of rotatable bonds is 7. The van der Waals surface area contributed by atoms with E-state index in [0.29, 0.717) is 5.56 Å². The number of hydrogen-bond donors (Lipinski definition) is 3. The molecule has 0 fully saturated rings. The lowest BCUT2D eigenvalue weighted by Crippen LogP contribution is -2.26. The van der Waals surface area contributed by atoms with Crippen molar-refractivity contribution in [1.82, 2.24) is 15.3 Å². The van der Waals surface area contributed by atoms with Crippen molar-refractivity contribution in [1.29, 1.82) is 0 Å². The number of nitrogens with zero attached hydrogens (tertiary/aromatic N) is 2. The van der Waals surface area contributed by atoms with Crippen LogP contribution in [0.5, 0.6) is 5.75 Å². The van der Waals surface area contributed by atoms with E-state index >= 15 is 0 Å². The van der Waals surface area contributed by atoms with Gasteiger partial charge in [0.2, 0.25) is 0 Å². The fourth-order valence-electron chi connectivity index (χ4n) is 3.51. The van der Waals surface area contributed by atoms with Crippen LogP contribution in [0.15, 0.2) is 59.5 Å². The molecule has 9 nitrogen and oxygen atoms in total. The average molecular weight is 645 g/mol. The number of nitrogens with one attached hydrogen (secondary N) is 2. The fraction of sp³-hybridized carbons (Fsp3) is 0.120. The number of benzene rings is 2. The lowest BCUT2D eigenvalue weighted by Gasteiger charge is -2.13. The van der Waals surface area contributed by atoms with Gasteiger partial charge in [-0.25, -0.2) is 18.4 Å². The molecular formula is C25H17Cl2F3N4O5S2. The molecule has 0 unspecified atom stereocenters. The van der Waals surface area contributed by atoms with Crippen molar-refractivity contribution in [2.24, 2.45) is 0 Å². The van der Waals surface area contributed by atoms with E-state index in [9.17, 15) is 36.3 Å². The summed E-state index contributed by atoms with van der Waals surface area (Å²) in [7, 11) is -3.59.